The van der Waals surface area contributed by atoms with E-state index in [4.69, 9.17) is 9.47 Å². The van der Waals surface area contributed by atoms with E-state index in [1.807, 2.05) is 0 Å². The van der Waals surface area contributed by atoms with E-state index in [1.165, 1.54) is 32.6 Å². The van der Waals surface area contributed by atoms with Crippen LogP contribution in [-0.2, 0) is 4.79 Å². The van der Waals surface area contributed by atoms with Gasteiger partial charge in [0.25, 0.3) is 0 Å². The van der Waals surface area contributed by atoms with Gasteiger partial charge in [0.1, 0.15) is 0 Å². The van der Waals surface area contributed by atoms with Crippen LogP contribution < -0.4 is 14.8 Å². The van der Waals surface area contributed by atoms with Crippen LogP contribution in [0.15, 0.2) is 12.1 Å². The molecule has 2 aliphatic carbocycles. The minimum Gasteiger partial charge on any atom is -0.454 e. The third-order valence-electron chi connectivity index (χ3n) is 5.50. The Hall–Kier alpha value is -2.04. The van der Waals surface area contributed by atoms with E-state index in [0.29, 0.717) is 35.1 Å². The highest BCUT2D eigenvalue weighted by Crippen LogP contribution is 2.49. The molecule has 3 atom stereocenters. The molecule has 4 rings (SSSR count). The van der Waals surface area contributed by atoms with E-state index in [-0.39, 0.29) is 18.5 Å². The first-order valence-electron chi connectivity index (χ1n) is 8.34. The third-order valence-corrected chi connectivity index (χ3v) is 5.50. The molecule has 2 fully saturated rings. The molecule has 1 aliphatic heterocycles. The third kappa shape index (κ3) is 2.69. The van der Waals surface area contributed by atoms with Crippen LogP contribution in [0.4, 0.5) is 5.69 Å². The molecule has 0 spiro atoms. The lowest BCUT2D eigenvalue weighted by Gasteiger charge is -2.21. The number of nitrogens with one attached hydrogen (secondary N) is 1. The normalized spacial score (nSPS) is 27.3. The Morgan fingerprint density at radius 3 is 2.61 bits per heavy atom. The zero-order valence-corrected chi connectivity index (χ0v) is 13.3. The van der Waals surface area contributed by atoms with E-state index in [2.05, 4.69) is 5.32 Å². The number of amides is 1. The van der Waals surface area contributed by atoms with Crippen molar-refractivity contribution in [1.29, 1.82) is 0 Å². The largest absolute Gasteiger partial charge is 0.454 e. The molecule has 122 valence electrons. The molecule has 1 N–H and O–H groups in total. The van der Waals surface area contributed by atoms with Crippen LogP contribution in [0.3, 0.4) is 0 Å². The molecule has 5 heteroatoms. The number of carbonyl (C=O) groups excluding carboxylic acids is 2. The van der Waals surface area contributed by atoms with E-state index in [1.54, 1.807) is 12.1 Å². The van der Waals surface area contributed by atoms with Gasteiger partial charge in [0.15, 0.2) is 17.3 Å². The maximum absolute atomic E-state index is 12.4. The number of carbonyl (C=O) groups is 2. The fraction of sp³-hybridized carbons (Fsp3) is 0.556. The van der Waals surface area contributed by atoms with Crippen LogP contribution in [0.25, 0.3) is 0 Å². The second-order valence-electron chi connectivity index (χ2n) is 6.99. The van der Waals surface area contributed by atoms with E-state index in [9.17, 15) is 9.59 Å². The number of hydrogen-bond acceptors (Lipinski definition) is 4. The predicted molar refractivity (Wildman–Crippen MR) is 84.8 cm³/mol. The summed E-state index contributed by atoms with van der Waals surface area (Å²) in [5.74, 6) is 3.07. The molecule has 1 aromatic rings. The summed E-state index contributed by atoms with van der Waals surface area (Å²) in [6, 6.07) is 3.34. The number of ether oxygens (including phenoxy) is 2. The van der Waals surface area contributed by atoms with E-state index >= 15 is 0 Å². The Labute approximate surface area is 135 Å². The number of fused-ring (bicyclic) bond motifs is 3. The first-order chi connectivity index (χ1) is 11.1. The minimum atomic E-state index is -0.0986. The molecule has 3 unspecified atom stereocenters. The van der Waals surface area contributed by atoms with Crippen molar-refractivity contribution in [2.45, 2.75) is 39.0 Å². The van der Waals surface area contributed by atoms with Gasteiger partial charge in [0.2, 0.25) is 12.7 Å². The lowest BCUT2D eigenvalue weighted by atomic mass is 9.86. The fourth-order valence-electron chi connectivity index (χ4n) is 4.40. The number of anilines is 1. The maximum atomic E-state index is 12.4. The van der Waals surface area contributed by atoms with Gasteiger partial charge in [-0.15, -0.1) is 0 Å². The van der Waals surface area contributed by atoms with Gasteiger partial charge in [-0.1, -0.05) is 6.42 Å². The van der Waals surface area contributed by atoms with Gasteiger partial charge in [-0.2, -0.15) is 0 Å². The van der Waals surface area contributed by atoms with Crippen molar-refractivity contribution >= 4 is 17.4 Å². The molecular weight excluding hydrogens is 294 g/mol. The Bertz CT molecular complexity index is 669. The highest BCUT2D eigenvalue weighted by atomic mass is 16.7. The van der Waals surface area contributed by atoms with Crippen molar-refractivity contribution in [3.8, 4) is 11.5 Å². The van der Waals surface area contributed by atoms with E-state index < -0.39 is 0 Å². The van der Waals surface area contributed by atoms with Gasteiger partial charge in [0, 0.05) is 18.1 Å². The molecule has 1 amide bonds. The molecular formula is C18H21NO4. The fourth-order valence-corrected chi connectivity index (χ4v) is 4.40. The zero-order chi connectivity index (χ0) is 16.0. The topological polar surface area (TPSA) is 64.6 Å². The van der Waals surface area contributed by atoms with Crippen LogP contribution in [0.5, 0.6) is 11.5 Å². The number of ketones is 1. The minimum absolute atomic E-state index is 0.0103. The maximum Gasteiger partial charge on any atom is 0.231 e. The molecule has 1 heterocycles. The van der Waals surface area contributed by atoms with Crippen LogP contribution in [-0.4, -0.2) is 18.5 Å². The van der Waals surface area contributed by atoms with Crippen LogP contribution >= 0.6 is 0 Å². The predicted octanol–water partition coefficient (Wildman–Crippen LogP) is 3.38. The Kier molecular flexibility index (Phi) is 3.51. The summed E-state index contributed by atoms with van der Waals surface area (Å²) in [7, 11) is 0. The van der Waals surface area contributed by atoms with Crippen molar-refractivity contribution < 1.29 is 19.1 Å². The highest BCUT2D eigenvalue weighted by Gasteiger charge is 2.40. The number of benzene rings is 1. The number of Topliss-reactive ketones (excluding diaryl/α,β-unsaturated/α-hetero) is 1. The lowest BCUT2D eigenvalue weighted by Crippen LogP contribution is -2.21. The Morgan fingerprint density at radius 1 is 1.17 bits per heavy atom. The molecule has 2 bridgehead atoms. The molecule has 1 aromatic carbocycles. The van der Waals surface area contributed by atoms with Gasteiger partial charge in [0.05, 0.1) is 5.69 Å². The summed E-state index contributed by atoms with van der Waals surface area (Å²) >= 11 is 0. The van der Waals surface area contributed by atoms with E-state index in [0.717, 1.165) is 11.8 Å². The standard InChI is InChI=1S/C18H21NO4/c1-10(20)14-7-16-17(23-9-22-16)8-15(14)19-18(21)6-13-5-11-2-3-12(13)4-11/h7-8,11-13H,2-6,9H2,1H3,(H,19,21). The summed E-state index contributed by atoms with van der Waals surface area (Å²) in [6.07, 6.45) is 5.62. The Morgan fingerprint density at radius 2 is 1.96 bits per heavy atom. The number of rotatable bonds is 4. The lowest BCUT2D eigenvalue weighted by molar-refractivity contribution is -0.117. The van der Waals surface area contributed by atoms with Crippen molar-refractivity contribution in [2.24, 2.45) is 17.8 Å². The summed E-state index contributed by atoms with van der Waals surface area (Å²) in [4.78, 5) is 24.3. The second kappa shape index (κ2) is 5.55. The number of hydrogen-bond donors (Lipinski definition) is 1. The average molecular weight is 315 g/mol. The van der Waals surface area contributed by atoms with Crippen molar-refractivity contribution in [3.63, 3.8) is 0 Å². The van der Waals surface area contributed by atoms with Gasteiger partial charge < -0.3 is 14.8 Å². The molecule has 5 nitrogen and oxygen atoms in total. The first kappa shape index (κ1) is 14.5. The monoisotopic (exact) mass is 315 g/mol. The molecule has 23 heavy (non-hydrogen) atoms. The zero-order valence-electron chi connectivity index (χ0n) is 13.3. The molecule has 0 aromatic heterocycles. The van der Waals surface area contributed by atoms with Gasteiger partial charge in [-0.25, -0.2) is 0 Å². The molecule has 0 saturated heterocycles. The summed E-state index contributed by atoms with van der Waals surface area (Å²) in [5, 5.41) is 2.91. The van der Waals surface area contributed by atoms with Crippen LogP contribution in [0.1, 0.15) is 49.4 Å². The average Bonchev–Trinajstić information content (AvgIpc) is 3.21. The van der Waals surface area contributed by atoms with Gasteiger partial charge >= 0.3 is 0 Å². The van der Waals surface area contributed by atoms with Crippen molar-refractivity contribution in [3.05, 3.63) is 17.7 Å². The van der Waals surface area contributed by atoms with Crippen LogP contribution in [0, 0.1) is 17.8 Å². The van der Waals surface area contributed by atoms with Crippen molar-refractivity contribution in [1.82, 2.24) is 0 Å². The molecule has 2 saturated carbocycles. The SMILES string of the molecule is CC(=O)c1cc2c(cc1NC(=O)CC1CC3CCC1C3)OCO2. The smallest absolute Gasteiger partial charge is 0.231 e. The quantitative estimate of drug-likeness (QED) is 0.865. The first-order valence-corrected chi connectivity index (χ1v) is 8.34. The summed E-state index contributed by atoms with van der Waals surface area (Å²) < 4.78 is 10.6. The summed E-state index contributed by atoms with van der Waals surface area (Å²) in [6.45, 7) is 1.64. The second-order valence-corrected chi connectivity index (χ2v) is 6.99. The van der Waals surface area contributed by atoms with Crippen LogP contribution in [0.2, 0.25) is 0 Å². The highest BCUT2D eigenvalue weighted by molar-refractivity contribution is 6.04. The summed E-state index contributed by atoms with van der Waals surface area (Å²) in [5.41, 5.74) is 0.991. The van der Waals surface area contributed by atoms with Crippen molar-refractivity contribution in [2.75, 3.05) is 12.1 Å². The van der Waals surface area contributed by atoms with Gasteiger partial charge in [-0.3, -0.25) is 9.59 Å². The van der Waals surface area contributed by atoms with Gasteiger partial charge in [-0.05, 0) is 50.0 Å². The Balaban J connectivity index is 1.49. The molecule has 0 radical (unpaired) electrons. The molecule has 3 aliphatic rings.